The first kappa shape index (κ1) is 36.8. The van der Waals surface area contributed by atoms with Gasteiger partial charge in [0, 0.05) is 34.2 Å². The Morgan fingerprint density at radius 1 is 0.677 bits per heavy atom. The molecule has 0 unspecified atom stereocenters. The maximum absolute atomic E-state index is 9.91. The Balaban J connectivity index is -0.000000156. The minimum absolute atomic E-state index is 0. The van der Waals surface area contributed by atoms with Crippen molar-refractivity contribution in [1.29, 1.82) is 0 Å². The van der Waals surface area contributed by atoms with E-state index in [1.54, 1.807) is 62.3 Å². The number of aliphatic carboxylic acids is 3. The van der Waals surface area contributed by atoms with Crippen LogP contribution in [0.1, 0.15) is 87.6 Å². The van der Waals surface area contributed by atoms with Crippen LogP contribution in [0.2, 0.25) is 0 Å². The summed E-state index contributed by atoms with van der Waals surface area (Å²) in [6, 6.07) is 8.58. The quantitative estimate of drug-likeness (QED) is 0.491. The summed E-state index contributed by atoms with van der Waals surface area (Å²) in [7, 11) is 0. The second-order valence-corrected chi connectivity index (χ2v) is 10.0. The van der Waals surface area contributed by atoms with Crippen LogP contribution in [0.4, 0.5) is 0 Å². The van der Waals surface area contributed by atoms with E-state index in [4.69, 9.17) is 0 Å². The van der Waals surface area contributed by atoms with Gasteiger partial charge in [-0.1, -0.05) is 88.5 Å². The van der Waals surface area contributed by atoms with Crippen LogP contribution in [-0.4, -0.2) is 17.9 Å². The van der Waals surface area contributed by atoms with Gasteiger partial charge < -0.3 is 29.7 Å². The van der Waals surface area contributed by atoms with E-state index in [0.29, 0.717) is 0 Å². The van der Waals surface area contributed by atoms with E-state index in [-0.39, 0.29) is 21.7 Å². The summed E-state index contributed by atoms with van der Waals surface area (Å²) in [4.78, 5) is 29.7. The van der Waals surface area contributed by atoms with Crippen molar-refractivity contribution >= 4 is 17.9 Å². The summed E-state index contributed by atoms with van der Waals surface area (Å²) >= 11 is 0. The first-order valence-electron chi connectivity index (χ1n) is 10.1. The molecular weight excluding hydrogens is 432 g/mol. The molecule has 1 rings (SSSR count). The Morgan fingerprint density at radius 2 is 0.903 bits per heavy atom. The maximum Gasteiger partial charge on any atom is 4.00 e. The van der Waals surface area contributed by atoms with Crippen LogP contribution < -0.4 is 15.3 Å². The monoisotopic (exact) mass is 472 g/mol. The molecule has 0 atom stereocenters. The molecule has 1 aromatic rings. The van der Waals surface area contributed by atoms with E-state index in [1.807, 2.05) is 0 Å². The first-order chi connectivity index (χ1) is 13.3. The van der Waals surface area contributed by atoms with Gasteiger partial charge in [-0.05, 0) is 0 Å². The van der Waals surface area contributed by atoms with E-state index in [9.17, 15) is 29.7 Å². The minimum Gasteiger partial charge on any atom is -0.550 e. The van der Waals surface area contributed by atoms with E-state index in [0.717, 1.165) is 0 Å². The van der Waals surface area contributed by atoms with Crippen molar-refractivity contribution in [3.8, 4) is 0 Å². The number of unbranched alkanes of at least 4 members (excludes halogenated alkanes) is 1. The predicted molar refractivity (Wildman–Crippen MR) is 114 cm³/mol. The number of carbonyl (C=O) groups is 3. The van der Waals surface area contributed by atoms with Crippen LogP contribution >= 0.6 is 0 Å². The largest absolute Gasteiger partial charge is 4.00 e. The second kappa shape index (κ2) is 17.1. The van der Waals surface area contributed by atoms with Gasteiger partial charge in [-0.25, -0.2) is 12.1 Å². The number of rotatable bonds is 3. The van der Waals surface area contributed by atoms with Gasteiger partial charge in [-0.3, -0.25) is 0 Å². The summed E-state index contributed by atoms with van der Waals surface area (Å²) in [5.74, 6) is -3.02. The number of hydrogen-bond acceptors (Lipinski definition) is 6. The Hall–Kier alpha value is -1.53. The molecule has 0 N–H and O–H groups in total. The standard InChI is InChI=1S/C9H13.3C5H10O2.Ti/c1-2-3-6-9-7-4-5-8-9;3*1-5(2,3)4(6)7;/h4-5,7-8H,2-3,6H2,1H3;3*1-3H3,(H,6,7);/q-1;;;;+4/p-3. The average molecular weight is 472 g/mol. The van der Waals surface area contributed by atoms with Gasteiger partial charge >= 0.3 is 21.7 Å². The zero-order valence-corrected chi connectivity index (χ0v) is 22.4. The fourth-order valence-electron chi connectivity index (χ4n) is 0.961. The Morgan fingerprint density at radius 3 is 1.06 bits per heavy atom. The van der Waals surface area contributed by atoms with Gasteiger partial charge in [0.15, 0.2) is 0 Å². The average Bonchev–Trinajstić information content (AvgIpc) is 3.05. The Labute approximate surface area is 203 Å². The zero-order chi connectivity index (χ0) is 24.8. The summed E-state index contributed by atoms with van der Waals surface area (Å²) < 4.78 is 0. The molecule has 0 aromatic heterocycles. The molecule has 0 bridgehead atoms. The number of hydrogen-bond donors (Lipinski definition) is 0. The van der Waals surface area contributed by atoms with Crippen molar-refractivity contribution in [2.75, 3.05) is 0 Å². The maximum atomic E-state index is 9.91. The number of carbonyl (C=O) groups excluding carboxylic acids is 3. The van der Waals surface area contributed by atoms with Gasteiger partial charge in [-0.15, -0.1) is 0 Å². The normalized spacial score (nSPS) is 10.5. The minimum atomic E-state index is -1.01. The number of aryl methyl sites for hydroxylation is 1. The van der Waals surface area contributed by atoms with Crippen molar-refractivity contribution in [3.63, 3.8) is 0 Å². The van der Waals surface area contributed by atoms with Crippen molar-refractivity contribution < 1.29 is 51.4 Å². The SMILES string of the molecule is CC(C)(C)C(=O)[O-].CC(C)(C)C(=O)[O-].CC(C)(C)C(=O)[O-].CCCC[c-]1cccc1.[Ti+4]. The van der Waals surface area contributed by atoms with Crippen molar-refractivity contribution in [1.82, 2.24) is 0 Å². The molecular formula is C24H40O6Ti. The molecule has 0 radical (unpaired) electrons. The molecule has 0 aliphatic rings. The number of carboxylic acids is 3. The zero-order valence-electron chi connectivity index (χ0n) is 20.9. The van der Waals surface area contributed by atoms with Crippen LogP contribution in [0.5, 0.6) is 0 Å². The third kappa shape index (κ3) is 26.4. The van der Waals surface area contributed by atoms with Crippen LogP contribution in [0.15, 0.2) is 24.3 Å². The molecule has 0 saturated heterocycles. The van der Waals surface area contributed by atoms with Crippen molar-refractivity contribution in [2.24, 2.45) is 16.2 Å². The van der Waals surface area contributed by atoms with Crippen molar-refractivity contribution in [2.45, 2.75) is 88.5 Å². The van der Waals surface area contributed by atoms with E-state index in [1.165, 1.54) is 24.8 Å². The van der Waals surface area contributed by atoms with E-state index >= 15 is 0 Å². The summed E-state index contributed by atoms with van der Waals surface area (Å²) in [6.45, 7) is 16.6. The van der Waals surface area contributed by atoms with Gasteiger partial charge in [-0.2, -0.15) is 17.7 Å². The van der Waals surface area contributed by atoms with Crippen LogP contribution in [0.3, 0.4) is 0 Å². The topological polar surface area (TPSA) is 120 Å². The molecule has 0 spiro atoms. The molecule has 1 aromatic carbocycles. The Bertz CT molecular complexity index is 542. The fourth-order valence-corrected chi connectivity index (χ4v) is 0.961. The summed E-state index contributed by atoms with van der Waals surface area (Å²) in [5.41, 5.74) is -0.600. The third-order valence-electron chi connectivity index (χ3n) is 3.39. The molecule has 0 fully saturated rings. The van der Waals surface area contributed by atoms with Crippen molar-refractivity contribution in [3.05, 3.63) is 29.8 Å². The smallest absolute Gasteiger partial charge is 0.550 e. The molecule has 176 valence electrons. The molecule has 0 aliphatic carbocycles. The Kier molecular flexibility index (Phi) is 20.3. The summed E-state index contributed by atoms with van der Waals surface area (Å²) in [6.07, 6.45) is 3.87. The predicted octanol–water partition coefficient (Wildman–Crippen LogP) is 2.09. The van der Waals surface area contributed by atoms with Gasteiger partial charge in [0.2, 0.25) is 0 Å². The van der Waals surface area contributed by atoms with Crippen LogP contribution in [-0.2, 0) is 42.5 Å². The van der Waals surface area contributed by atoms with Gasteiger partial charge in [0.05, 0.1) is 0 Å². The molecule has 31 heavy (non-hydrogen) atoms. The van der Waals surface area contributed by atoms with Gasteiger partial charge in [0.1, 0.15) is 0 Å². The second-order valence-electron chi connectivity index (χ2n) is 10.0. The van der Waals surface area contributed by atoms with Gasteiger partial charge in [0.25, 0.3) is 0 Å². The molecule has 0 aliphatic heterocycles. The fraction of sp³-hybridized carbons (Fsp3) is 0.667. The molecule has 6 nitrogen and oxygen atoms in total. The van der Waals surface area contributed by atoms with E-state index < -0.39 is 34.2 Å². The third-order valence-corrected chi connectivity index (χ3v) is 3.39. The van der Waals surface area contributed by atoms with Crippen LogP contribution in [0, 0.1) is 16.2 Å². The molecule has 0 amide bonds. The summed E-state index contributed by atoms with van der Waals surface area (Å²) in [5, 5.41) is 29.7. The first-order valence-corrected chi connectivity index (χ1v) is 10.1. The number of carboxylic acid groups (broad SMARTS) is 3. The molecule has 0 saturated carbocycles. The van der Waals surface area contributed by atoms with Crippen LogP contribution in [0.25, 0.3) is 0 Å². The van der Waals surface area contributed by atoms with E-state index in [2.05, 4.69) is 31.2 Å². The molecule has 0 heterocycles. The molecule has 7 heteroatoms.